The van der Waals surface area contributed by atoms with Crippen LogP contribution in [0.5, 0.6) is 0 Å². The third-order valence-electron chi connectivity index (χ3n) is 8.73. The number of aryl methyl sites for hydroxylation is 1. The summed E-state index contributed by atoms with van der Waals surface area (Å²) in [5.41, 5.74) is 3.34. The van der Waals surface area contributed by atoms with Crippen LogP contribution in [0.2, 0.25) is 0 Å². The van der Waals surface area contributed by atoms with Crippen molar-refractivity contribution in [2.75, 3.05) is 40.7 Å². The molecule has 4 heterocycles. The van der Waals surface area contributed by atoms with Crippen LogP contribution in [-0.4, -0.2) is 79.0 Å². The SMILES string of the molecule is Cn1cc(-c2ccc(N(C(=O)NCc3ccccc3)C3CCC(Nc4ncc(C#N)c(N5CCC(N=[SH](C)(C)O)C5)n4)CC3)nc2)cn1. The maximum atomic E-state index is 13.7. The molecule has 3 aromatic heterocycles. The smallest absolute Gasteiger partial charge is 0.323 e. The van der Waals surface area contributed by atoms with Gasteiger partial charge in [0, 0.05) is 62.3 Å². The monoisotopic (exact) mass is 669 g/mol. The van der Waals surface area contributed by atoms with Gasteiger partial charge in [0.2, 0.25) is 5.95 Å². The van der Waals surface area contributed by atoms with E-state index in [1.54, 1.807) is 40.7 Å². The summed E-state index contributed by atoms with van der Waals surface area (Å²) in [6.45, 7) is 1.74. The lowest BCUT2D eigenvalue weighted by molar-refractivity contribution is 0.240. The lowest BCUT2D eigenvalue weighted by atomic mass is 9.90. The number of nitrogens with one attached hydrogen (secondary N) is 2. The number of nitrogens with zero attached hydrogens (tertiary/aromatic N) is 9. The van der Waals surface area contributed by atoms with Gasteiger partial charge >= 0.3 is 6.03 Å². The van der Waals surface area contributed by atoms with E-state index in [-0.39, 0.29) is 24.2 Å². The van der Waals surface area contributed by atoms with Gasteiger partial charge in [0.25, 0.3) is 0 Å². The second-order valence-corrected chi connectivity index (χ2v) is 15.8. The zero-order valence-corrected chi connectivity index (χ0v) is 28.5. The van der Waals surface area contributed by atoms with E-state index in [1.807, 2.05) is 55.7 Å². The number of urea groups is 1. The summed E-state index contributed by atoms with van der Waals surface area (Å²) in [5.74, 6) is 1.68. The molecule has 1 aliphatic carbocycles. The predicted octanol–water partition coefficient (Wildman–Crippen LogP) is 4.66. The number of hydrogen-bond donors (Lipinski definition) is 4. The van der Waals surface area contributed by atoms with Gasteiger partial charge in [0.1, 0.15) is 17.5 Å². The molecular formula is C34H43N11O2S. The molecule has 14 heteroatoms. The summed E-state index contributed by atoms with van der Waals surface area (Å²) >= 11 is 0. The van der Waals surface area contributed by atoms with Crippen molar-refractivity contribution < 1.29 is 9.35 Å². The third-order valence-corrected chi connectivity index (χ3v) is 9.62. The molecule has 252 valence electrons. The van der Waals surface area contributed by atoms with E-state index in [1.165, 1.54) is 0 Å². The molecule has 2 fully saturated rings. The Kier molecular flexibility index (Phi) is 9.98. The van der Waals surface area contributed by atoms with Gasteiger partial charge in [0.15, 0.2) is 5.82 Å². The van der Waals surface area contributed by atoms with Crippen LogP contribution in [0.3, 0.4) is 0 Å². The Morgan fingerprint density at radius 2 is 1.85 bits per heavy atom. The number of anilines is 3. The normalized spacial score (nSPS) is 19.7. The minimum atomic E-state index is -2.25. The number of carbonyl (C=O) groups excluding carboxylic acids is 1. The molecule has 13 nitrogen and oxygen atoms in total. The zero-order chi connectivity index (χ0) is 33.7. The lowest BCUT2D eigenvalue weighted by Gasteiger charge is -2.36. The quantitative estimate of drug-likeness (QED) is 0.186. The average Bonchev–Trinajstić information content (AvgIpc) is 3.73. The van der Waals surface area contributed by atoms with E-state index >= 15 is 0 Å². The second kappa shape index (κ2) is 14.5. The molecular weight excluding hydrogens is 627 g/mol. The third kappa shape index (κ3) is 8.15. The Balaban J connectivity index is 1.14. The van der Waals surface area contributed by atoms with Crippen molar-refractivity contribution in [1.29, 1.82) is 5.26 Å². The second-order valence-electron chi connectivity index (χ2n) is 12.9. The Labute approximate surface area is 282 Å². The molecule has 1 saturated carbocycles. The van der Waals surface area contributed by atoms with Crippen LogP contribution in [-0.2, 0) is 23.7 Å². The first-order chi connectivity index (χ1) is 23.1. The molecule has 3 N–H and O–H groups in total. The van der Waals surface area contributed by atoms with Crippen LogP contribution in [0.15, 0.2) is 71.6 Å². The fourth-order valence-corrected chi connectivity index (χ4v) is 7.42. The maximum Gasteiger partial charge on any atom is 0.323 e. The van der Waals surface area contributed by atoms with Gasteiger partial charge < -0.3 is 20.1 Å². The van der Waals surface area contributed by atoms with E-state index in [0.717, 1.165) is 48.8 Å². The standard InChI is InChI=1S/C34H43N11O2S/c1-43-22-27(21-39-43)25-9-14-31(36-19-25)45(34(46)38-18-24-7-5-4-6-8-24)30-12-10-28(11-13-30)40-33-37-20-26(17-35)32(41-33)44-16-15-29(23-44)42-48(2,3)47/h4-9,14,19-22,28-30,48H,10-13,15-16,18,23H2,1-3H3,(H,38,46)(H,42,47)(H,37,40,41). The number of aromatic nitrogens is 5. The van der Waals surface area contributed by atoms with Crippen LogP contribution in [0.1, 0.15) is 43.2 Å². The number of rotatable bonds is 9. The summed E-state index contributed by atoms with van der Waals surface area (Å²) in [4.78, 5) is 31.6. The Morgan fingerprint density at radius 1 is 1.06 bits per heavy atom. The maximum absolute atomic E-state index is 13.7. The largest absolute Gasteiger partial charge is 0.353 e. The molecule has 0 spiro atoms. The summed E-state index contributed by atoms with van der Waals surface area (Å²) in [6.07, 6.45) is 14.6. The lowest BCUT2D eigenvalue weighted by Crippen LogP contribution is -2.49. The highest BCUT2D eigenvalue weighted by Gasteiger charge is 2.32. The molecule has 0 radical (unpaired) electrons. The zero-order valence-electron chi connectivity index (χ0n) is 27.6. The molecule has 4 aromatic rings. The van der Waals surface area contributed by atoms with Crippen LogP contribution in [0.4, 0.5) is 22.4 Å². The van der Waals surface area contributed by atoms with Crippen molar-refractivity contribution in [2.45, 2.75) is 56.8 Å². The van der Waals surface area contributed by atoms with Gasteiger partial charge in [-0.25, -0.2) is 14.8 Å². The minimum Gasteiger partial charge on any atom is -0.353 e. The summed E-state index contributed by atoms with van der Waals surface area (Å²) in [7, 11) is -0.377. The first kappa shape index (κ1) is 33.0. The number of pyridine rings is 1. The van der Waals surface area contributed by atoms with Crippen molar-refractivity contribution in [3.8, 4) is 17.2 Å². The number of hydrogen-bond acceptors (Lipinski definition) is 9. The first-order valence-electron chi connectivity index (χ1n) is 16.3. The molecule has 48 heavy (non-hydrogen) atoms. The molecule has 6 rings (SSSR count). The van der Waals surface area contributed by atoms with Crippen molar-refractivity contribution in [2.24, 2.45) is 11.4 Å². The number of benzene rings is 1. The number of carbonyl (C=O) groups is 1. The molecule has 2 aliphatic rings. The van der Waals surface area contributed by atoms with Crippen LogP contribution < -0.4 is 20.4 Å². The highest BCUT2D eigenvalue weighted by Crippen LogP contribution is 2.31. The molecule has 1 aliphatic heterocycles. The van der Waals surface area contributed by atoms with Gasteiger partial charge in [-0.3, -0.25) is 13.9 Å². The van der Waals surface area contributed by atoms with Crippen LogP contribution in [0, 0.1) is 11.3 Å². The predicted molar refractivity (Wildman–Crippen MR) is 190 cm³/mol. The van der Waals surface area contributed by atoms with E-state index in [2.05, 4.69) is 36.0 Å². The molecule has 1 aromatic carbocycles. The fourth-order valence-electron chi connectivity index (χ4n) is 6.44. The van der Waals surface area contributed by atoms with Gasteiger partial charge in [-0.1, -0.05) is 30.3 Å². The Hall–Kier alpha value is -4.87. The molecule has 1 atom stereocenters. The van der Waals surface area contributed by atoms with Crippen molar-refractivity contribution in [3.05, 3.63) is 78.4 Å². The van der Waals surface area contributed by atoms with Crippen LogP contribution >= 0.6 is 0 Å². The summed E-state index contributed by atoms with van der Waals surface area (Å²) in [6, 6.07) is 15.9. The Bertz CT molecular complexity index is 1800. The topological polar surface area (TPSA) is 160 Å². The van der Waals surface area contributed by atoms with E-state index in [9.17, 15) is 14.6 Å². The van der Waals surface area contributed by atoms with Gasteiger partial charge in [-0.15, -0.1) is 10.1 Å². The van der Waals surface area contributed by atoms with Crippen molar-refractivity contribution >= 4 is 33.7 Å². The highest BCUT2D eigenvalue weighted by atomic mass is 32.3. The first-order valence-corrected chi connectivity index (χ1v) is 18.9. The fraction of sp³-hybridized carbons (Fsp3) is 0.412. The highest BCUT2D eigenvalue weighted by molar-refractivity contribution is 7.98. The van der Waals surface area contributed by atoms with Crippen LogP contribution in [0.25, 0.3) is 11.1 Å². The van der Waals surface area contributed by atoms with Crippen molar-refractivity contribution in [3.63, 3.8) is 0 Å². The van der Waals surface area contributed by atoms with Gasteiger partial charge in [-0.05, 0) is 62.3 Å². The number of thiol groups is 1. The molecule has 0 bridgehead atoms. The molecule has 2 amide bonds. The van der Waals surface area contributed by atoms with Gasteiger partial charge in [-0.2, -0.15) is 15.3 Å². The Morgan fingerprint density at radius 3 is 2.52 bits per heavy atom. The average molecular weight is 670 g/mol. The summed E-state index contributed by atoms with van der Waals surface area (Å²) in [5, 5.41) is 20.6. The van der Waals surface area contributed by atoms with Gasteiger partial charge in [0.05, 0.1) is 18.4 Å². The van der Waals surface area contributed by atoms with E-state index in [4.69, 9.17) is 9.97 Å². The minimum absolute atomic E-state index is 0.0143. The molecule has 1 unspecified atom stereocenters. The number of amides is 2. The summed E-state index contributed by atoms with van der Waals surface area (Å²) < 4.78 is 16.6. The molecule has 1 saturated heterocycles. The van der Waals surface area contributed by atoms with E-state index < -0.39 is 10.1 Å². The number of nitriles is 1. The van der Waals surface area contributed by atoms with Crippen molar-refractivity contribution in [1.82, 2.24) is 30.0 Å². The van der Waals surface area contributed by atoms with E-state index in [0.29, 0.717) is 42.8 Å².